The molecule has 0 unspecified atom stereocenters. The normalized spacial score (nSPS) is 18.6. The Kier molecular flexibility index (Phi) is 8.96. The van der Waals surface area contributed by atoms with E-state index in [1.165, 1.54) is 0 Å². The van der Waals surface area contributed by atoms with Gasteiger partial charge in [0.25, 0.3) is 0 Å². The lowest BCUT2D eigenvalue weighted by Gasteiger charge is -2.23. The van der Waals surface area contributed by atoms with Crippen molar-refractivity contribution < 1.29 is 33.8 Å². The van der Waals surface area contributed by atoms with Gasteiger partial charge < -0.3 is 24.8 Å². The first kappa shape index (κ1) is 27.8. The molecule has 3 amide bonds. The van der Waals surface area contributed by atoms with Gasteiger partial charge in [0.05, 0.1) is 13.2 Å². The lowest BCUT2D eigenvalue weighted by Crippen LogP contribution is -2.46. The number of carboxylic acids is 1. The third kappa shape index (κ3) is 7.12. The van der Waals surface area contributed by atoms with E-state index >= 15 is 0 Å². The van der Waals surface area contributed by atoms with Gasteiger partial charge in [-0.05, 0) is 29.5 Å². The van der Waals surface area contributed by atoms with E-state index in [0.29, 0.717) is 25.9 Å². The maximum absolute atomic E-state index is 12.9. The van der Waals surface area contributed by atoms with Crippen LogP contribution < -0.4 is 5.32 Å². The first-order valence-corrected chi connectivity index (χ1v) is 12.2. The maximum atomic E-state index is 12.9. The van der Waals surface area contributed by atoms with Gasteiger partial charge in [-0.25, -0.2) is 14.4 Å². The van der Waals surface area contributed by atoms with Crippen LogP contribution in [0.4, 0.5) is 9.59 Å². The highest BCUT2D eigenvalue weighted by atomic mass is 16.6. The van der Waals surface area contributed by atoms with Crippen LogP contribution in [0.15, 0.2) is 43.5 Å². The Bertz CT molecular complexity index is 1070. The molecular weight excluding hydrogens is 478 g/mol. The molecule has 1 fully saturated rings. The van der Waals surface area contributed by atoms with Crippen molar-refractivity contribution in [2.45, 2.75) is 58.3 Å². The van der Waals surface area contributed by atoms with Crippen LogP contribution >= 0.6 is 0 Å². The van der Waals surface area contributed by atoms with E-state index in [4.69, 9.17) is 9.47 Å². The third-order valence-electron chi connectivity index (χ3n) is 6.51. The predicted molar refractivity (Wildman–Crippen MR) is 136 cm³/mol. The van der Waals surface area contributed by atoms with Gasteiger partial charge in [-0.15, -0.1) is 13.2 Å². The van der Waals surface area contributed by atoms with Crippen LogP contribution in [-0.4, -0.2) is 70.8 Å². The van der Waals surface area contributed by atoms with Gasteiger partial charge in [0.2, 0.25) is 5.91 Å². The number of fused-ring (bicyclic) bond motifs is 1. The molecule has 200 valence electrons. The Morgan fingerprint density at radius 1 is 1.19 bits per heavy atom. The number of hydrogen-bond acceptors (Lipinski definition) is 6. The summed E-state index contributed by atoms with van der Waals surface area (Å²) in [6.45, 7) is 11.7. The minimum Gasteiger partial charge on any atom is -0.480 e. The summed E-state index contributed by atoms with van der Waals surface area (Å²) < 4.78 is 10.8. The zero-order valence-electron chi connectivity index (χ0n) is 21.4. The smallest absolute Gasteiger partial charge is 0.410 e. The van der Waals surface area contributed by atoms with Crippen LogP contribution in [0.1, 0.15) is 43.4 Å². The fraction of sp³-hybridized carbons (Fsp3) is 0.481. The molecule has 2 aliphatic rings. The summed E-state index contributed by atoms with van der Waals surface area (Å²) >= 11 is 0. The van der Waals surface area contributed by atoms with Gasteiger partial charge in [0.15, 0.2) is 0 Å². The number of allylic oxidation sites excluding steroid dienone is 2. The molecule has 10 heteroatoms. The van der Waals surface area contributed by atoms with Gasteiger partial charge in [0, 0.05) is 24.9 Å². The number of likely N-dealkylation sites (tertiary alicyclic amines) is 1. The second-order valence-electron chi connectivity index (χ2n) is 10.1. The Hall–Kier alpha value is -3.82. The van der Waals surface area contributed by atoms with Crippen molar-refractivity contribution >= 4 is 24.1 Å². The van der Waals surface area contributed by atoms with Crippen molar-refractivity contribution in [3.05, 3.63) is 60.2 Å². The van der Waals surface area contributed by atoms with Crippen LogP contribution in [0.25, 0.3) is 0 Å². The number of carboxylic acid groups (broad SMARTS) is 1. The second kappa shape index (κ2) is 11.9. The van der Waals surface area contributed by atoms with E-state index < -0.39 is 42.8 Å². The van der Waals surface area contributed by atoms with E-state index in [1.807, 2.05) is 38.1 Å². The lowest BCUT2D eigenvalue weighted by atomic mass is 9.91. The fourth-order valence-electron chi connectivity index (χ4n) is 4.59. The average Bonchev–Trinajstić information content (AvgIpc) is 3.47. The van der Waals surface area contributed by atoms with Gasteiger partial charge in [-0.1, -0.05) is 44.2 Å². The number of alkyl carbamates (subject to hydrolysis) is 1. The largest absolute Gasteiger partial charge is 0.480 e. The molecule has 0 radical (unpaired) electrons. The summed E-state index contributed by atoms with van der Waals surface area (Å²) in [5, 5.41) is 12.0. The number of amides is 3. The summed E-state index contributed by atoms with van der Waals surface area (Å²) in [7, 11) is 0. The zero-order valence-corrected chi connectivity index (χ0v) is 21.4. The van der Waals surface area contributed by atoms with Gasteiger partial charge in [0.1, 0.15) is 18.7 Å². The molecule has 0 aromatic heterocycles. The highest BCUT2D eigenvalue weighted by Gasteiger charge is 2.42. The molecule has 2 N–H and O–H groups in total. The van der Waals surface area contributed by atoms with Crippen LogP contribution in [0, 0.1) is 5.41 Å². The topological polar surface area (TPSA) is 125 Å². The molecule has 0 saturated carbocycles. The molecule has 0 aliphatic carbocycles. The molecule has 2 aliphatic heterocycles. The first-order chi connectivity index (χ1) is 17.5. The molecule has 1 saturated heterocycles. The number of aliphatic carboxylic acids is 1. The first-order valence-electron chi connectivity index (χ1n) is 12.2. The Morgan fingerprint density at radius 3 is 2.62 bits per heavy atom. The Balaban J connectivity index is 1.53. The van der Waals surface area contributed by atoms with Gasteiger partial charge in [-0.3, -0.25) is 9.69 Å². The molecule has 2 atom stereocenters. The number of carbonyl (C=O) groups excluding carboxylic acids is 3. The molecule has 1 aromatic rings. The number of benzene rings is 1. The molecule has 0 spiro atoms. The number of hydrogen-bond donors (Lipinski definition) is 2. The number of carbonyl (C=O) groups is 4. The second-order valence-corrected chi connectivity index (χ2v) is 10.1. The highest BCUT2D eigenvalue weighted by molar-refractivity contribution is 5.87. The number of nitrogens with zero attached hydrogens (tertiary/aromatic N) is 2. The summed E-state index contributed by atoms with van der Waals surface area (Å²) in [6, 6.07) is 4.74. The van der Waals surface area contributed by atoms with E-state index in [2.05, 4.69) is 18.5 Å². The average molecular weight is 514 g/mol. The maximum Gasteiger partial charge on any atom is 0.410 e. The zero-order chi connectivity index (χ0) is 27.2. The van der Waals surface area contributed by atoms with Crippen molar-refractivity contribution in [3.63, 3.8) is 0 Å². The quantitative estimate of drug-likeness (QED) is 0.460. The summed E-state index contributed by atoms with van der Waals surface area (Å²) in [5.41, 5.74) is 2.90. The molecule has 37 heavy (non-hydrogen) atoms. The van der Waals surface area contributed by atoms with Crippen molar-refractivity contribution in [2.24, 2.45) is 5.41 Å². The van der Waals surface area contributed by atoms with Crippen molar-refractivity contribution in [2.75, 3.05) is 19.7 Å². The van der Waals surface area contributed by atoms with Crippen LogP contribution in [-0.2, 0) is 38.6 Å². The van der Waals surface area contributed by atoms with E-state index in [9.17, 15) is 24.3 Å². The van der Waals surface area contributed by atoms with Crippen LogP contribution in [0.2, 0.25) is 0 Å². The number of nitrogens with one attached hydrogen (secondary N) is 1. The van der Waals surface area contributed by atoms with Crippen LogP contribution in [0.5, 0.6) is 0 Å². The summed E-state index contributed by atoms with van der Waals surface area (Å²) in [5.74, 6) is -1.81. The van der Waals surface area contributed by atoms with Crippen molar-refractivity contribution in [1.29, 1.82) is 0 Å². The fourth-order valence-corrected chi connectivity index (χ4v) is 4.59. The Labute approximate surface area is 216 Å². The number of rotatable bonds is 10. The predicted octanol–water partition coefficient (Wildman–Crippen LogP) is 3.25. The van der Waals surface area contributed by atoms with Crippen molar-refractivity contribution in [3.8, 4) is 0 Å². The van der Waals surface area contributed by atoms with E-state index in [0.717, 1.165) is 21.6 Å². The van der Waals surface area contributed by atoms with E-state index in [1.54, 1.807) is 11.0 Å². The minimum atomic E-state index is -1.21. The monoisotopic (exact) mass is 513 g/mol. The number of ether oxygens (including phenoxy) is 2. The summed E-state index contributed by atoms with van der Waals surface area (Å²) in [6.07, 6.45) is 2.74. The molecule has 2 heterocycles. The van der Waals surface area contributed by atoms with Gasteiger partial charge >= 0.3 is 18.2 Å². The molecule has 3 rings (SSSR count). The summed E-state index contributed by atoms with van der Waals surface area (Å²) in [4.78, 5) is 52.1. The van der Waals surface area contributed by atoms with E-state index in [-0.39, 0.29) is 25.0 Å². The highest BCUT2D eigenvalue weighted by Crippen LogP contribution is 2.29. The lowest BCUT2D eigenvalue weighted by molar-refractivity contribution is -0.147. The SMILES string of the molecule is C=CCc1cccc2c1CN(C(=O)O[C@@H]1C[C@@H](C(=O)O)N(C(=O)CNC(=O)OCC(C)(C)CC=C)C1)C2. The molecule has 10 nitrogen and oxygen atoms in total. The molecule has 1 aromatic carbocycles. The van der Waals surface area contributed by atoms with Gasteiger partial charge in [-0.2, -0.15) is 0 Å². The third-order valence-corrected chi connectivity index (χ3v) is 6.51. The molecule has 0 bridgehead atoms. The molecular formula is C27H35N3O7. The van der Waals surface area contributed by atoms with Crippen LogP contribution in [0.3, 0.4) is 0 Å². The Morgan fingerprint density at radius 2 is 1.95 bits per heavy atom. The minimum absolute atomic E-state index is 0.0322. The van der Waals surface area contributed by atoms with Crippen molar-refractivity contribution in [1.82, 2.24) is 15.1 Å². The standard InChI is InChI=1S/C27H35N3O7/c1-5-8-18-9-7-10-19-14-29(16-21(18)19)26(35)37-20-12-22(24(32)33)30(15-20)23(31)13-28-25(34)36-17-27(3,4)11-6-2/h5-7,9-10,20,22H,1-2,8,11-17H2,3-4H3,(H,28,34)(H,32,33)/t20-,22+/m1/s1.